The highest BCUT2D eigenvalue weighted by Crippen LogP contribution is 2.20. The third kappa shape index (κ3) is 11.1. The van der Waals surface area contributed by atoms with Gasteiger partial charge in [0.25, 0.3) is 0 Å². The van der Waals surface area contributed by atoms with Gasteiger partial charge in [0.15, 0.2) is 0 Å². The molecule has 4 atom stereocenters. The van der Waals surface area contributed by atoms with Crippen molar-refractivity contribution in [3.05, 3.63) is 71.9 Å². The molecule has 8 N–H and O–H groups in total. The highest BCUT2D eigenvalue weighted by atomic mass is 16.6. The van der Waals surface area contributed by atoms with Crippen molar-refractivity contribution in [2.24, 2.45) is 11.7 Å². The number of primary amides is 1. The molecule has 3 aromatic rings. The second-order valence-corrected chi connectivity index (χ2v) is 12.9. The van der Waals surface area contributed by atoms with Crippen molar-refractivity contribution < 1.29 is 38.6 Å². The standard InChI is InChI=1S/C34H44N6O8/c1-19(2)15-24(30(44)38-26(17-27(41)42)32(46)40-28(29(35)43)20-11-7-6-8-12-20)37-31(45)25(39-33(47)48-34(3,4)5)16-21-18-36-23-14-10-9-13-22(21)23/h6-14,18-19,24-26,28,36H,15-17H2,1-5H3,(H2,35,43)(H,37,45)(H,38,44)(H,39,47)(H,40,46)(H,41,42)/t24-,25-,26-,28-/m0/s1. The quantitative estimate of drug-likeness (QED) is 0.128. The third-order valence-corrected chi connectivity index (χ3v) is 7.16. The summed E-state index contributed by atoms with van der Waals surface area (Å²) in [5.74, 6) is -4.91. The lowest BCUT2D eigenvalue weighted by Gasteiger charge is -2.27. The predicted octanol–water partition coefficient (Wildman–Crippen LogP) is 2.44. The Bertz CT molecular complexity index is 1610. The number of nitrogens with one attached hydrogen (secondary N) is 5. The number of aliphatic carboxylic acids is 1. The van der Waals surface area contributed by atoms with Crippen LogP contribution in [-0.4, -0.2) is 69.5 Å². The molecule has 0 aliphatic rings. The topological polar surface area (TPSA) is 222 Å². The minimum absolute atomic E-state index is 0.0448. The van der Waals surface area contributed by atoms with E-state index in [0.717, 1.165) is 16.5 Å². The van der Waals surface area contributed by atoms with Crippen LogP contribution in [0.3, 0.4) is 0 Å². The van der Waals surface area contributed by atoms with Crippen LogP contribution in [0.1, 0.15) is 64.6 Å². The number of fused-ring (bicyclic) bond motifs is 1. The molecule has 3 rings (SSSR count). The molecule has 48 heavy (non-hydrogen) atoms. The molecule has 0 spiro atoms. The van der Waals surface area contributed by atoms with E-state index >= 15 is 0 Å². The van der Waals surface area contributed by atoms with E-state index in [1.54, 1.807) is 57.3 Å². The number of aromatic nitrogens is 1. The second-order valence-electron chi connectivity index (χ2n) is 12.9. The summed E-state index contributed by atoms with van der Waals surface area (Å²) in [5, 5.41) is 20.5. The summed E-state index contributed by atoms with van der Waals surface area (Å²) >= 11 is 0. The number of para-hydroxylation sites is 1. The molecule has 0 unspecified atom stereocenters. The van der Waals surface area contributed by atoms with Gasteiger partial charge in [-0.15, -0.1) is 0 Å². The van der Waals surface area contributed by atoms with E-state index in [9.17, 15) is 33.9 Å². The fourth-order valence-electron chi connectivity index (χ4n) is 5.02. The number of rotatable bonds is 15. The molecule has 0 fully saturated rings. The largest absolute Gasteiger partial charge is 0.481 e. The molecule has 0 bridgehead atoms. The molecule has 0 aliphatic carbocycles. The number of carbonyl (C=O) groups excluding carboxylic acids is 5. The number of ether oxygens (including phenoxy) is 1. The van der Waals surface area contributed by atoms with Crippen LogP contribution in [0, 0.1) is 5.92 Å². The first kappa shape index (κ1) is 37.1. The van der Waals surface area contributed by atoms with E-state index in [-0.39, 0.29) is 18.8 Å². The van der Waals surface area contributed by atoms with Gasteiger partial charge in [-0.25, -0.2) is 4.79 Å². The summed E-state index contributed by atoms with van der Waals surface area (Å²) in [7, 11) is 0. The molecular weight excluding hydrogens is 620 g/mol. The van der Waals surface area contributed by atoms with Gasteiger partial charge >= 0.3 is 12.1 Å². The van der Waals surface area contributed by atoms with Gasteiger partial charge < -0.3 is 41.8 Å². The number of aromatic amines is 1. The molecule has 1 aromatic heterocycles. The zero-order chi connectivity index (χ0) is 35.6. The molecule has 5 amide bonds. The fourth-order valence-corrected chi connectivity index (χ4v) is 5.02. The maximum absolute atomic E-state index is 13.8. The number of hydrogen-bond acceptors (Lipinski definition) is 7. The Labute approximate surface area is 278 Å². The van der Waals surface area contributed by atoms with E-state index in [2.05, 4.69) is 26.3 Å². The lowest BCUT2D eigenvalue weighted by Crippen LogP contribution is -2.58. The molecule has 14 heteroatoms. The summed E-state index contributed by atoms with van der Waals surface area (Å²) in [4.78, 5) is 80.4. The van der Waals surface area contributed by atoms with Gasteiger partial charge in [0, 0.05) is 23.5 Å². The van der Waals surface area contributed by atoms with Crippen LogP contribution in [-0.2, 0) is 35.1 Å². The number of carboxylic acids is 1. The molecule has 14 nitrogen and oxygen atoms in total. The van der Waals surface area contributed by atoms with Crippen molar-refractivity contribution in [3.63, 3.8) is 0 Å². The van der Waals surface area contributed by atoms with Crippen molar-refractivity contribution >= 4 is 46.6 Å². The lowest BCUT2D eigenvalue weighted by molar-refractivity contribution is -0.141. The Hall–Kier alpha value is -5.40. The minimum Gasteiger partial charge on any atom is -0.481 e. The second kappa shape index (κ2) is 16.4. The fraction of sp³-hybridized carbons (Fsp3) is 0.412. The molecule has 2 aromatic carbocycles. The normalized spacial score (nSPS) is 13.9. The highest BCUT2D eigenvalue weighted by molar-refractivity contribution is 5.97. The Morgan fingerprint density at radius 1 is 0.812 bits per heavy atom. The summed E-state index contributed by atoms with van der Waals surface area (Å²) in [6.07, 6.45) is 0.225. The van der Waals surface area contributed by atoms with E-state index in [0.29, 0.717) is 5.56 Å². The van der Waals surface area contributed by atoms with Gasteiger partial charge in [-0.3, -0.25) is 24.0 Å². The van der Waals surface area contributed by atoms with E-state index in [4.69, 9.17) is 10.5 Å². The third-order valence-electron chi connectivity index (χ3n) is 7.16. The maximum Gasteiger partial charge on any atom is 0.408 e. The van der Waals surface area contributed by atoms with Gasteiger partial charge in [0.2, 0.25) is 23.6 Å². The van der Waals surface area contributed by atoms with Crippen LogP contribution in [0.4, 0.5) is 4.79 Å². The maximum atomic E-state index is 13.8. The van der Waals surface area contributed by atoms with Crippen LogP contribution in [0.2, 0.25) is 0 Å². The summed E-state index contributed by atoms with van der Waals surface area (Å²) in [6.45, 7) is 8.67. The lowest BCUT2D eigenvalue weighted by atomic mass is 10.00. The van der Waals surface area contributed by atoms with Gasteiger partial charge in [0.05, 0.1) is 6.42 Å². The SMILES string of the molecule is CC(C)C[C@H](NC(=O)[C@H](Cc1c[nH]c2ccccc12)NC(=O)OC(C)(C)C)C(=O)N[C@@H](CC(=O)O)C(=O)N[C@H](C(N)=O)c1ccccc1. The van der Waals surface area contributed by atoms with Crippen molar-refractivity contribution in [1.82, 2.24) is 26.3 Å². The first-order chi connectivity index (χ1) is 22.5. The number of benzene rings is 2. The monoisotopic (exact) mass is 664 g/mol. The van der Waals surface area contributed by atoms with Crippen LogP contribution in [0.5, 0.6) is 0 Å². The zero-order valence-electron chi connectivity index (χ0n) is 27.7. The molecule has 0 saturated carbocycles. The first-order valence-corrected chi connectivity index (χ1v) is 15.6. The summed E-state index contributed by atoms with van der Waals surface area (Å²) in [5.41, 5.74) is 6.58. The van der Waals surface area contributed by atoms with Crippen LogP contribution < -0.4 is 27.0 Å². The van der Waals surface area contributed by atoms with Crippen LogP contribution in [0.25, 0.3) is 10.9 Å². The van der Waals surface area contributed by atoms with Gasteiger partial charge in [-0.1, -0.05) is 62.4 Å². The van der Waals surface area contributed by atoms with Crippen LogP contribution >= 0.6 is 0 Å². The number of carboxylic acid groups (broad SMARTS) is 1. The number of alkyl carbamates (subject to hydrolysis) is 1. The number of hydrogen-bond donors (Lipinski definition) is 7. The average molecular weight is 665 g/mol. The highest BCUT2D eigenvalue weighted by Gasteiger charge is 2.33. The first-order valence-electron chi connectivity index (χ1n) is 15.6. The number of carbonyl (C=O) groups is 6. The summed E-state index contributed by atoms with van der Waals surface area (Å²) < 4.78 is 5.39. The van der Waals surface area contributed by atoms with Crippen molar-refractivity contribution in [1.29, 1.82) is 0 Å². The molecule has 0 saturated heterocycles. The molecular formula is C34H44N6O8. The van der Waals surface area contributed by atoms with Crippen molar-refractivity contribution in [2.75, 3.05) is 0 Å². The minimum atomic E-state index is -1.62. The Morgan fingerprint density at radius 3 is 2.00 bits per heavy atom. The smallest absolute Gasteiger partial charge is 0.408 e. The van der Waals surface area contributed by atoms with Gasteiger partial charge in [-0.05, 0) is 50.3 Å². The Kier molecular flexibility index (Phi) is 12.7. The van der Waals surface area contributed by atoms with Crippen LogP contribution in [0.15, 0.2) is 60.8 Å². The number of nitrogens with two attached hydrogens (primary N) is 1. The van der Waals surface area contributed by atoms with E-state index < -0.39 is 71.9 Å². The van der Waals surface area contributed by atoms with Gasteiger partial charge in [0.1, 0.15) is 29.8 Å². The molecule has 258 valence electrons. The van der Waals surface area contributed by atoms with Crippen molar-refractivity contribution in [2.45, 2.75) is 83.6 Å². The number of amides is 5. The van der Waals surface area contributed by atoms with E-state index in [1.807, 2.05) is 38.1 Å². The van der Waals surface area contributed by atoms with Gasteiger partial charge in [-0.2, -0.15) is 0 Å². The molecule has 1 heterocycles. The Balaban J connectivity index is 1.85. The average Bonchev–Trinajstić information content (AvgIpc) is 3.40. The summed E-state index contributed by atoms with van der Waals surface area (Å²) in [6, 6.07) is 10.2. The molecule has 0 aliphatic heterocycles. The number of H-pyrrole nitrogens is 1. The molecule has 0 radical (unpaired) electrons. The zero-order valence-corrected chi connectivity index (χ0v) is 27.7. The Morgan fingerprint density at radius 2 is 1.40 bits per heavy atom. The van der Waals surface area contributed by atoms with Crippen molar-refractivity contribution in [3.8, 4) is 0 Å². The predicted molar refractivity (Wildman–Crippen MR) is 177 cm³/mol. The van der Waals surface area contributed by atoms with E-state index in [1.165, 1.54) is 0 Å².